The highest BCUT2D eigenvalue weighted by molar-refractivity contribution is 6.12. The number of piperazine rings is 1. The van der Waals surface area contributed by atoms with Crippen molar-refractivity contribution in [1.82, 2.24) is 30.7 Å². The van der Waals surface area contributed by atoms with Crippen LogP contribution in [-0.2, 0) is 49.6 Å². The molecule has 0 bridgehead atoms. The van der Waals surface area contributed by atoms with Crippen LogP contribution in [-0.4, -0.2) is 157 Å². The highest BCUT2D eigenvalue weighted by Crippen LogP contribution is 2.27. The third-order valence-electron chi connectivity index (χ3n) is 14.2. The molecule has 22 nitrogen and oxygen atoms in total. The van der Waals surface area contributed by atoms with Crippen molar-refractivity contribution in [2.24, 2.45) is 23.5 Å². The second-order valence-electron chi connectivity index (χ2n) is 21.3. The first-order valence-electron chi connectivity index (χ1n) is 27.5. The normalized spacial score (nSPS) is 21.1. The van der Waals surface area contributed by atoms with E-state index in [1.165, 1.54) is 22.0 Å². The number of primary amides is 1. The zero-order chi connectivity index (χ0) is 58.5. The number of nitrogens with two attached hydrogens (primary N) is 1. The van der Waals surface area contributed by atoms with Crippen molar-refractivity contribution in [3.63, 3.8) is 0 Å². The fraction of sp³-hybridized carbons (Fsp3) is 0.534. The van der Waals surface area contributed by atoms with Gasteiger partial charge in [0.2, 0.25) is 17.7 Å². The van der Waals surface area contributed by atoms with Gasteiger partial charge in [-0.3, -0.25) is 33.7 Å². The minimum atomic E-state index is -1.07. The summed E-state index contributed by atoms with van der Waals surface area (Å²) in [6.45, 7) is 10.4. The zero-order valence-electron chi connectivity index (χ0n) is 47.2. The lowest BCUT2D eigenvalue weighted by molar-refractivity contribution is -0.151. The molecule has 0 saturated carbocycles. The first kappa shape index (κ1) is 63.1. The average Bonchev–Trinajstić information content (AvgIpc) is 3.76. The summed E-state index contributed by atoms with van der Waals surface area (Å²) in [5, 5.41) is 21.6. The van der Waals surface area contributed by atoms with E-state index >= 15 is 0 Å². The number of imide groups is 1. The van der Waals surface area contributed by atoms with Crippen molar-refractivity contribution >= 4 is 71.2 Å². The van der Waals surface area contributed by atoms with Crippen LogP contribution in [0.2, 0.25) is 0 Å². The Morgan fingerprint density at radius 3 is 2.17 bits per heavy atom. The Morgan fingerprint density at radius 2 is 1.52 bits per heavy atom. The number of unbranched alkanes of at least 4 members (excludes halogenated alkanes) is 2. The van der Waals surface area contributed by atoms with E-state index in [0.29, 0.717) is 43.4 Å². The van der Waals surface area contributed by atoms with E-state index in [1.807, 2.05) is 82.3 Å². The number of urea groups is 1. The van der Waals surface area contributed by atoms with Crippen LogP contribution in [0.1, 0.15) is 104 Å². The smallest absolute Gasteiger partial charge is 0.410 e. The lowest BCUT2D eigenvalue weighted by atomic mass is 9.91. The van der Waals surface area contributed by atoms with Gasteiger partial charge in [-0.25, -0.2) is 14.4 Å². The van der Waals surface area contributed by atoms with Gasteiger partial charge in [-0.05, 0) is 104 Å². The fourth-order valence-corrected chi connectivity index (χ4v) is 9.31. The molecule has 0 spiro atoms. The Kier molecular flexibility index (Phi) is 24.6. The molecule has 5 rings (SSSR count). The molecular formula is C58H81N9O13. The molecule has 3 heterocycles. The summed E-state index contributed by atoms with van der Waals surface area (Å²) in [5.41, 5.74) is 9.00. The first-order chi connectivity index (χ1) is 38.1. The summed E-state index contributed by atoms with van der Waals surface area (Å²) < 4.78 is 17.7. The number of hydrogen-bond acceptors (Lipinski definition) is 14. The second kappa shape index (κ2) is 31.1. The molecule has 0 aromatic heterocycles. The molecule has 2 aromatic carbocycles. The van der Waals surface area contributed by atoms with E-state index in [1.54, 1.807) is 38.1 Å². The summed E-state index contributed by atoms with van der Waals surface area (Å²) in [6, 6.07) is 11.8. The lowest BCUT2D eigenvalue weighted by Crippen LogP contribution is -2.54. The number of aliphatic hydroxyl groups excluding tert-OH is 1. The van der Waals surface area contributed by atoms with E-state index in [2.05, 4.69) is 21.3 Å². The molecule has 0 radical (unpaired) electrons. The number of anilines is 2. The average molecular weight is 1110 g/mol. The molecule has 0 aliphatic carbocycles. The van der Waals surface area contributed by atoms with Crippen molar-refractivity contribution in [3.8, 4) is 0 Å². The summed E-state index contributed by atoms with van der Waals surface area (Å²) in [6.07, 6.45) is 7.49. The number of amides is 9. The zero-order valence-corrected chi connectivity index (χ0v) is 47.2. The number of hydrogen-bond donors (Lipinski definition) is 6. The number of ether oxygens (including phenoxy) is 3. The van der Waals surface area contributed by atoms with Crippen molar-refractivity contribution in [1.29, 1.82) is 0 Å². The van der Waals surface area contributed by atoms with Crippen molar-refractivity contribution in [2.45, 2.75) is 129 Å². The number of carbonyl (C=O) groups is 9. The molecular weight excluding hydrogens is 1030 g/mol. The molecule has 2 unspecified atom stereocenters. The minimum Gasteiger partial charge on any atom is -0.457 e. The summed E-state index contributed by atoms with van der Waals surface area (Å²) in [5.74, 6) is -3.56. The van der Waals surface area contributed by atoms with Gasteiger partial charge in [0.1, 0.15) is 30.9 Å². The molecule has 2 aromatic rings. The summed E-state index contributed by atoms with van der Waals surface area (Å²) in [4.78, 5) is 121. The molecule has 3 aliphatic rings. The highest BCUT2D eigenvalue weighted by Gasteiger charge is 2.32. The van der Waals surface area contributed by atoms with Crippen LogP contribution in [0, 0.1) is 17.8 Å². The van der Waals surface area contributed by atoms with Gasteiger partial charge in [0, 0.05) is 89.2 Å². The van der Waals surface area contributed by atoms with Crippen LogP contribution in [0.15, 0.2) is 78.4 Å². The van der Waals surface area contributed by atoms with Crippen molar-refractivity contribution in [3.05, 3.63) is 89.5 Å². The summed E-state index contributed by atoms with van der Waals surface area (Å²) in [7, 11) is 3.92. The standard InChI is InChI=1S/C58H81N9O13/c1-37(2)52(63-48(69)16-9-8-10-28-67-49(70)25-26-50(67)71)55(74)62-46(15-12-27-60-56(59)75)54(73)61-43-21-19-41(20-22-43)36-78-57(76)65-29-31-66(32-30-65)58(77)79-47-24-18-39(4)53(80-51(72)35-45(68)23-17-38(47)3)40(5)33-42-13-11-14-44(34-42)64(6)7/h11,13-14,18-22,24-26,33-34,37-39,45-47,52-53,68H,8-10,12,15-17,23,27-32,35-36H2,1-7H3,(H,61,73)(H,62,74)(H,63,69)(H3,59,60,75)/b24-18+,40-33+/t38-,39-,45+,46?,47-,52?,53-/m0/s1. The maximum atomic E-state index is 13.7. The van der Waals surface area contributed by atoms with Crippen molar-refractivity contribution in [2.75, 3.05) is 63.6 Å². The fourth-order valence-electron chi connectivity index (χ4n) is 9.31. The highest BCUT2D eigenvalue weighted by atomic mass is 16.6. The van der Waals surface area contributed by atoms with Crippen LogP contribution in [0.3, 0.4) is 0 Å². The second-order valence-corrected chi connectivity index (χ2v) is 21.3. The Morgan fingerprint density at radius 1 is 0.850 bits per heavy atom. The predicted molar refractivity (Wildman–Crippen MR) is 300 cm³/mol. The Balaban J connectivity index is 1.10. The number of nitrogens with zero attached hydrogens (tertiary/aromatic N) is 4. The van der Waals surface area contributed by atoms with Gasteiger partial charge in [-0.2, -0.15) is 0 Å². The Labute approximate surface area is 468 Å². The molecule has 3 aliphatic heterocycles. The van der Waals surface area contributed by atoms with Crippen LogP contribution in [0.5, 0.6) is 0 Å². The van der Waals surface area contributed by atoms with Crippen LogP contribution in [0.25, 0.3) is 6.08 Å². The molecule has 436 valence electrons. The van der Waals surface area contributed by atoms with Gasteiger partial charge in [0.15, 0.2) is 0 Å². The van der Waals surface area contributed by atoms with E-state index in [4.69, 9.17) is 19.9 Å². The number of carbonyl (C=O) groups excluding carboxylic acids is 9. The van der Waals surface area contributed by atoms with E-state index in [-0.39, 0.29) is 107 Å². The van der Waals surface area contributed by atoms with E-state index < -0.39 is 66.4 Å². The number of cyclic esters (lactones) is 1. The monoisotopic (exact) mass is 1110 g/mol. The van der Waals surface area contributed by atoms with E-state index in [0.717, 1.165) is 21.7 Å². The molecule has 1 fully saturated rings. The Bertz CT molecular complexity index is 2560. The van der Waals surface area contributed by atoms with Gasteiger partial charge >= 0.3 is 24.2 Å². The van der Waals surface area contributed by atoms with Gasteiger partial charge in [-0.15, -0.1) is 0 Å². The molecule has 1 saturated heterocycles. The lowest BCUT2D eigenvalue weighted by Gasteiger charge is -2.35. The van der Waals surface area contributed by atoms with Crippen molar-refractivity contribution < 1.29 is 62.5 Å². The molecule has 7 N–H and O–H groups in total. The van der Waals surface area contributed by atoms with Gasteiger partial charge in [-0.1, -0.05) is 70.5 Å². The van der Waals surface area contributed by atoms with E-state index in [9.17, 15) is 48.3 Å². The van der Waals surface area contributed by atoms with Gasteiger partial charge in [0.25, 0.3) is 11.8 Å². The number of benzene rings is 2. The molecule has 80 heavy (non-hydrogen) atoms. The Hall–Kier alpha value is -7.75. The molecule has 22 heteroatoms. The number of esters is 1. The topological polar surface area (TPSA) is 289 Å². The summed E-state index contributed by atoms with van der Waals surface area (Å²) >= 11 is 0. The number of rotatable bonds is 22. The minimum absolute atomic E-state index is 0.0838. The largest absolute Gasteiger partial charge is 0.457 e. The molecule has 9 amide bonds. The molecule has 7 atom stereocenters. The van der Waals surface area contributed by atoms with Gasteiger partial charge < -0.3 is 61.0 Å². The maximum Gasteiger partial charge on any atom is 0.410 e. The van der Waals surface area contributed by atoms with Crippen LogP contribution in [0.4, 0.5) is 25.8 Å². The maximum absolute atomic E-state index is 13.7. The van der Waals surface area contributed by atoms with Crippen LogP contribution >= 0.6 is 0 Å². The first-order valence-corrected chi connectivity index (χ1v) is 27.5. The SMILES string of the molecule is C/C(=C\c1cccc(N(C)C)c1)[C@H]1OC(=O)C[C@H](O)CC[C@H](C)[C@@H](OC(=O)N2CCN(C(=O)OCc3ccc(NC(=O)C(CCCNC(N)=O)NC(=O)C(NC(=O)CCCCCN4C(=O)C=CC4=O)C(C)C)cc3)CC2)/C=C/[C@@H]1C. The quantitative estimate of drug-likeness (QED) is 0.0283. The number of nitrogens with one attached hydrogen (secondary N) is 4. The third-order valence-corrected chi connectivity index (χ3v) is 14.2. The van der Waals surface area contributed by atoms with Crippen LogP contribution < -0.4 is 31.9 Å². The number of aliphatic hydroxyl groups is 1. The third kappa shape index (κ3) is 20.2. The van der Waals surface area contributed by atoms with Gasteiger partial charge in [0.05, 0.1) is 12.5 Å². The predicted octanol–water partition coefficient (Wildman–Crippen LogP) is 5.40.